The molecule has 0 saturated carbocycles. The van der Waals surface area contributed by atoms with Gasteiger partial charge in [-0.25, -0.2) is 0 Å². The van der Waals surface area contributed by atoms with E-state index >= 15 is 0 Å². The molecule has 0 aliphatic heterocycles. The van der Waals surface area contributed by atoms with Gasteiger partial charge in [0.1, 0.15) is 5.75 Å². The number of nitrogens with zero attached hydrogens (tertiary/aromatic N) is 2. The van der Waals surface area contributed by atoms with Gasteiger partial charge in [-0.1, -0.05) is 42.5 Å². The molecule has 0 heterocycles. The molecular formula is C21H30N4O. The summed E-state index contributed by atoms with van der Waals surface area (Å²) in [5.74, 6) is 1.66. The molecule has 2 rings (SSSR count). The molecule has 0 spiro atoms. The Balaban J connectivity index is 1.87. The van der Waals surface area contributed by atoms with Gasteiger partial charge >= 0.3 is 0 Å². The molecule has 5 heteroatoms. The van der Waals surface area contributed by atoms with Gasteiger partial charge in [0.2, 0.25) is 0 Å². The highest BCUT2D eigenvalue weighted by Crippen LogP contribution is 2.12. The van der Waals surface area contributed by atoms with E-state index < -0.39 is 0 Å². The van der Waals surface area contributed by atoms with Crippen LogP contribution >= 0.6 is 0 Å². The molecule has 140 valence electrons. The SMILES string of the molecule is CN=C(NCc1cccc(OC)c1)NCC(Cc1ccccc1)N(C)C. The summed E-state index contributed by atoms with van der Waals surface area (Å²) in [5, 5.41) is 6.80. The van der Waals surface area contributed by atoms with Crippen molar-refractivity contribution in [1.82, 2.24) is 15.5 Å². The lowest BCUT2D eigenvalue weighted by molar-refractivity contribution is 0.290. The van der Waals surface area contributed by atoms with Crippen LogP contribution in [0.3, 0.4) is 0 Å². The van der Waals surface area contributed by atoms with Gasteiger partial charge in [0.15, 0.2) is 5.96 Å². The molecule has 0 saturated heterocycles. The van der Waals surface area contributed by atoms with E-state index in [1.807, 2.05) is 18.2 Å². The maximum atomic E-state index is 5.27. The van der Waals surface area contributed by atoms with E-state index in [2.05, 4.69) is 71.0 Å². The highest BCUT2D eigenvalue weighted by molar-refractivity contribution is 5.79. The quantitative estimate of drug-likeness (QED) is 0.565. The van der Waals surface area contributed by atoms with E-state index in [1.54, 1.807) is 14.2 Å². The second-order valence-corrected chi connectivity index (χ2v) is 6.47. The van der Waals surface area contributed by atoms with Crippen molar-refractivity contribution >= 4 is 5.96 Å². The number of rotatable bonds is 8. The second-order valence-electron chi connectivity index (χ2n) is 6.47. The number of likely N-dealkylation sites (N-methyl/N-ethyl adjacent to an activating group) is 1. The summed E-state index contributed by atoms with van der Waals surface area (Å²) in [6, 6.07) is 19.0. The molecule has 0 aromatic heterocycles. The van der Waals surface area contributed by atoms with Gasteiger partial charge in [0.05, 0.1) is 7.11 Å². The molecular weight excluding hydrogens is 324 g/mol. The molecule has 0 amide bonds. The van der Waals surface area contributed by atoms with Crippen LogP contribution in [0.5, 0.6) is 5.75 Å². The van der Waals surface area contributed by atoms with Crippen LogP contribution < -0.4 is 15.4 Å². The van der Waals surface area contributed by atoms with E-state index in [0.717, 1.165) is 30.2 Å². The summed E-state index contributed by atoms with van der Waals surface area (Å²) < 4.78 is 5.27. The topological polar surface area (TPSA) is 48.9 Å². The molecule has 0 bridgehead atoms. The number of methoxy groups -OCH3 is 1. The summed E-state index contributed by atoms with van der Waals surface area (Å²) in [4.78, 5) is 6.57. The first-order chi connectivity index (χ1) is 12.6. The van der Waals surface area contributed by atoms with Crippen LogP contribution in [-0.4, -0.2) is 51.7 Å². The minimum atomic E-state index is 0.382. The molecule has 2 aromatic rings. The average Bonchev–Trinajstić information content (AvgIpc) is 2.67. The van der Waals surface area contributed by atoms with Crippen molar-refractivity contribution in [2.45, 2.75) is 19.0 Å². The first-order valence-corrected chi connectivity index (χ1v) is 8.90. The normalized spacial score (nSPS) is 12.7. The van der Waals surface area contributed by atoms with E-state index in [-0.39, 0.29) is 0 Å². The number of aliphatic imine (C=N–C) groups is 1. The van der Waals surface area contributed by atoms with Crippen LogP contribution in [-0.2, 0) is 13.0 Å². The summed E-state index contributed by atoms with van der Waals surface area (Å²) in [5.41, 5.74) is 2.49. The van der Waals surface area contributed by atoms with Crippen LogP contribution in [0.15, 0.2) is 59.6 Å². The molecule has 0 fully saturated rings. The Labute approximate surface area is 157 Å². The zero-order valence-electron chi connectivity index (χ0n) is 16.2. The number of nitrogens with one attached hydrogen (secondary N) is 2. The number of ether oxygens (including phenoxy) is 1. The van der Waals surface area contributed by atoms with Crippen LogP contribution in [0.25, 0.3) is 0 Å². The lowest BCUT2D eigenvalue weighted by atomic mass is 10.1. The Hall–Kier alpha value is -2.53. The third-order valence-corrected chi connectivity index (χ3v) is 4.37. The fraction of sp³-hybridized carbons (Fsp3) is 0.381. The highest BCUT2D eigenvalue weighted by atomic mass is 16.5. The first kappa shape index (κ1) is 19.8. The van der Waals surface area contributed by atoms with Crippen LogP contribution in [0, 0.1) is 0 Å². The molecule has 2 N–H and O–H groups in total. The van der Waals surface area contributed by atoms with Crippen molar-refractivity contribution in [3.8, 4) is 5.75 Å². The molecule has 0 radical (unpaired) electrons. The molecule has 26 heavy (non-hydrogen) atoms. The molecule has 1 unspecified atom stereocenters. The largest absolute Gasteiger partial charge is 0.497 e. The third-order valence-electron chi connectivity index (χ3n) is 4.37. The maximum absolute atomic E-state index is 5.27. The lowest BCUT2D eigenvalue weighted by Gasteiger charge is -2.25. The first-order valence-electron chi connectivity index (χ1n) is 8.90. The van der Waals surface area contributed by atoms with Gasteiger partial charge in [0, 0.05) is 26.2 Å². The van der Waals surface area contributed by atoms with E-state index in [4.69, 9.17) is 4.74 Å². The van der Waals surface area contributed by atoms with Gasteiger partial charge in [0.25, 0.3) is 0 Å². The molecule has 1 atom stereocenters. The van der Waals surface area contributed by atoms with E-state index in [1.165, 1.54) is 5.56 Å². The molecule has 5 nitrogen and oxygen atoms in total. The molecule has 0 aliphatic carbocycles. The van der Waals surface area contributed by atoms with Gasteiger partial charge in [-0.3, -0.25) is 4.99 Å². The van der Waals surface area contributed by atoms with Crippen molar-refractivity contribution in [2.24, 2.45) is 4.99 Å². The summed E-state index contributed by atoms with van der Waals surface area (Å²) in [6.45, 7) is 1.52. The Morgan fingerprint density at radius 1 is 1.04 bits per heavy atom. The zero-order valence-corrected chi connectivity index (χ0v) is 16.2. The van der Waals surface area contributed by atoms with Crippen molar-refractivity contribution in [3.63, 3.8) is 0 Å². The Kier molecular flexibility index (Phi) is 7.96. The smallest absolute Gasteiger partial charge is 0.191 e. The van der Waals surface area contributed by atoms with Crippen molar-refractivity contribution in [3.05, 3.63) is 65.7 Å². The van der Waals surface area contributed by atoms with Gasteiger partial charge in [-0.2, -0.15) is 0 Å². The standard InChI is InChI=1S/C21H30N4O/c1-22-21(23-15-18-11-8-12-20(14-18)26-4)24-16-19(25(2)3)13-17-9-6-5-7-10-17/h5-12,14,19H,13,15-16H2,1-4H3,(H2,22,23,24). The van der Waals surface area contributed by atoms with Gasteiger partial charge in [-0.05, 0) is 43.8 Å². The Morgan fingerprint density at radius 2 is 1.77 bits per heavy atom. The highest BCUT2D eigenvalue weighted by Gasteiger charge is 2.13. The van der Waals surface area contributed by atoms with Gasteiger partial charge in [-0.15, -0.1) is 0 Å². The van der Waals surface area contributed by atoms with E-state index in [9.17, 15) is 0 Å². The minimum absolute atomic E-state index is 0.382. The zero-order chi connectivity index (χ0) is 18.8. The fourth-order valence-corrected chi connectivity index (χ4v) is 2.73. The van der Waals surface area contributed by atoms with Crippen molar-refractivity contribution < 1.29 is 4.74 Å². The number of benzene rings is 2. The third kappa shape index (κ3) is 6.41. The summed E-state index contributed by atoms with van der Waals surface area (Å²) >= 11 is 0. The van der Waals surface area contributed by atoms with Crippen molar-refractivity contribution in [1.29, 1.82) is 0 Å². The molecule has 0 aliphatic rings. The number of hydrogen-bond acceptors (Lipinski definition) is 3. The number of hydrogen-bond donors (Lipinski definition) is 2. The van der Waals surface area contributed by atoms with Crippen LogP contribution in [0.2, 0.25) is 0 Å². The van der Waals surface area contributed by atoms with E-state index in [0.29, 0.717) is 12.6 Å². The van der Waals surface area contributed by atoms with Crippen molar-refractivity contribution in [2.75, 3.05) is 34.8 Å². The minimum Gasteiger partial charge on any atom is -0.497 e. The summed E-state index contributed by atoms with van der Waals surface area (Å²) in [6.07, 6.45) is 0.994. The Morgan fingerprint density at radius 3 is 2.42 bits per heavy atom. The van der Waals surface area contributed by atoms with Gasteiger partial charge < -0.3 is 20.3 Å². The average molecular weight is 354 g/mol. The molecule has 2 aromatic carbocycles. The Bertz CT molecular complexity index is 685. The predicted octanol–water partition coefficient (Wildman–Crippen LogP) is 2.53. The predicted molar refractivity (Wildman–Crippen MR) is 109 cm³/mol. The van der Waals surface area contributed by atoms with Crippen LogP contribution in [0.1, 0.15) is 11.1 Å². The lowest BCUT2D eigenvalue weighted by Crippen LogP contribution is -2.45. The monoisotopic (exact) mass is 354 g/mol. The number of guanidine groups is 1. The summed E-state index contributed by atoms with van der Waals surface area (Å²) in [7, 11) is 7.70. The van der Waals surface area contributed by atoms with Crippen LogP contribution in [0.4, 0.5) is 0 Å². The fourth-order valence-electron chi connectivity index (χ4n) is 2.73. The second kappa shape index (κ2) is 10.5. The maximum Gasteiger partial charge on any atom is 0.191 e.